The first-order valence-electron chi connectivity index (χ1n) is 6.93. The van der Waals surface area contributed by atoms with Crippen LogP contribution in [-0.4, -0.2) is 61.7 Å². The first-order valence-corrected chi connectivity index (χ1v) is 6.93. The largest absolute Gasteiger partial charge is 0.316 e. The Hall–Kier alpha value is -0.120. The summed E-state index contributed by atoms with van der Waals surface area (Å²) in [6.45, 7) is 13.5. The fourth-order valence-electron chi connectivity index (χ4n) is 2.91. The minimum Gasteiger partial charge on any atom is -0.316 e. The van der Waals surface area contributed by atoms with Crippen LogP contribution in [0.4, 0.5) is 0 Å². The summed E-state index contributed by atoms with van der Waals surface area (Å²) in [6, 6.07) is 0.721. The molecule has 16 heavy (non-hydrogen) atoms. The van der Waals surface area contributed by atoms with Crippen LogP contribution in [0.15, 0.2) is 0 Å². The Kier molecular flexibility index (Phi) is 4.62. The first kappa shape index (κ1) is 12.3. The highest BCUT2D eigenvalue weighted by Crippen LogP contribution is 2.13. The quantitative estimate of drug-likeness (QED) is 0.773. The SMILES string of the molecule is CC(C)N1CCN(CC2CCCNC2)CC1. The zero-order valence-electron chi connectivity index (χ0n) is 10.9. The summed E-state index contributed by atoms with van der Waals surface area (Å²) in [5.41, 5.74) is 0. The van der Waals surface area contributed by atoms with Crippen LogP contribution in [0.5, 0.6) is 0 Å². The summed E-state index contributed by atoms with van der Waals surface area (Å²) in [7, 11) is 0. The minimum atomic E-state index is 0.721. The molecule has 0 amide bonds. The van der Waals surface area contributed by atoms with E-state index in [1.807, 2.05) is 0 Å². The first-order chi connectivity index (χ1) is 7.75. The molecule has 2 aliphatic heterocycles. The Bertz CT molecular complexity index is 191. The van der Waals surface area contributed by atoms with E-state index in [4.69, 9.17) is 0 Å². The smallest absolute Gasteiger partial charge is 0.0113 e. The molecule has 1 unspecified atom stereocenters. The highest BCUT2D eigenvalue weighted by Gasteiger charge is 2.22. The molecule has 0 saturated carbocycles. The monoisotopic (exact) mass is 225 g/mol. The van der Waals surface area contributed by atoms with Crippen molar-refractivity contribution >= 4 is 0 Å². The van der Waals surface area contributed by atoms with Crippen molar-refractivity contribution in [3.8, 4) is 0 Å². The van der Waals surface area contributed by atoms with Gasteiger partial charge in [-0.3, -0.25) is 4.90 Å². The molecule has 0 aromatic heterocycles. The third kappa shape index (κ3) is 3.44. The van der Waals surface area contributed by atoms with Gasteiger partial charge in [-0.1, -0.05) is 0 Å². The van der Waals surface area contributed by atoms with Crippen molar-refractivity contribution in [2.75, 3.05) is 45.8 Å². The van der Waals surface area contributed by atoms with E-state index in [0.29, 0.717) is 0 Å². The second-order valence-corrected chi connectivity index (χ2v) is 5.64. The van der Waals surface area contributed by atoms with Gasteiger partial charge in [0, 0.05) is 38.8 Å². The van der Waals surface area contributed by atoms with E-state index in [2.05, 4.69) is 29.0 Å². The Labute approximate surface area is 100 Å². The van der Waals surface area contributed by atoms with Gasteiger partial charge >= 0.3 is 0 Å². The maximum atomic E-state index is 3.51. The molecular formula is C13H27N3. The number of nitrogens with zero attached hydrogens (tertiary/aromatic N) is 2. The lowest BCUT2D eigenvalue weighted by Crippen LogP contribution is -2.50. The van der Waals surface area contributed by atoms with Crippen molar-refractivity contribution in [2.45, 2.75) is 32.7 Å². The van der Waals surface area contributed by atoms with E-state index < -0.39 is 0 Å². The molecule has 94 valence electrons. The molecule has 2 fully saturated rings. The molecule has 0 aromatic carbocycles. The number of piperidine rings is 1. The van der Waals surface area contributed by atoms with Crippen molar-refractivity contribution in [1.82, 2.24) is 15.1 Å². The molecular weight excluding hydrogens is 198 g/mol. The fourth-order valence-corrected chi connectivity index (χ4v) is 2.91. The van der Waals surface area contributed by atoms with Gasteiger partial charge in [0.15, 0.2) is 0 Å². The maximum absolute atomic E-state index is 3.51. The van der Waals surface area contributed by atoms with Crippen molar-refractivity contribution < 1.29 is 0 Å². The highest BCUT2D eigenvalue weighted by molar-refractivity contribution is 4.78. The van der Waals surface area contributed by atoms with E-state index in [1.165, 1.54) is 58.7 Å². The van der Waals surface area contributed by atoms with Crippen molar-refractivity contribution in [3.05, 3.63) is 0 Å². The summed E-state index contributed by atoms with van der Waals surface area (Å²) in [6.07, 6.45) is 2.80. The van der Waals surface area contributed by atoms with E-state index in [-0.39, 0.29) is 0 Å². The van der Waals surface area contributed by atoms with Gasteiger partial charge in [-0.15, -0.1) is 0 Å². The summed E-state index contributed by atoms with van der Waals surface area (Å²) in [5.74, 6) is 0.902. The van der Waals surface area contributed by atoms with Gasteiger partial charge in [-0.2, -0.15) is 0 Å². The Morgan fingerprint density at radius 3 is 2.50 bits per heavy atom. The Morgan fingerprint density at radius 1 is 1.19 bits per heavy atom. The molecule has 0 bridgehead atoms. The second kappa shape index (κ2) is 5.99. The zero-order chi connectivity index (χ0) is 11.4. The van der Waals surface area contributed by atoms with Gasteiger partial charge in [0.1, 0.15) is 0 Å². The van der Waals surface area contributed by atoms with Gasteiger partial charge in [0.25, 0.3) is 0 Å². The van der Waals surface area contributed by atoms with Crippen LogP contribution < -0.4 is 5.32 Å². The molecule has 2 heterocycles. The lowest BCUT2D eigenvalue weighted by Gasteiger charge is -2.39. The molecule has 0 aliphatic carbocycles. The molecule has 0 aromatic rings. The zero-order valence-corrected chi connectivity index (χ0v) is 10.9. The molecule has 3 nitrogen and oxygen atoms in total. The average molecular weight is 225 g/mol. The van der Waals surface area contributed by atoms with Gasteiger partial charge in [0.2, 0.25) is 0 Å². The van der Waals surface area contributed by atoms with Gasteiger partial charge < -0.3 is 10.2 Å². The van der Waals surface area contributed by atoms with E-state index in [0.717, 1.165) is 12.0 Å². The summed E-state index contributed by atoms with van der Waals surface area (Å²) < 4.78 is 0. The topological polar surface area (TPSA) is 18.5 Å². The predicted octanol–water partition coefficient (Wildman–Crippen LogP) is 1.01. The molecule has 2 aliphatic rings. The number of piperazine rings is 1. The van der Waals surface area contributed by atoms with Crippen LogP contribution in [0.2, 0.25) is 0 Å². The lowest BCUT2D eigenvalue weighted by molar-refractivity contribution is 0.0929. The lowest BCUT2D eigenvalue weighted by atomic mass is 9.99. The number of rotatable bonds is 3. The van der Waals surface area contributed by atoms with Crippen molar-refractivity contribution in [1.29, 1.82) is 0 Å². The third-order valence-electron chi connectivity index (χ3n) is 4.05. The molecule has 3 heteroatoms. The number of hydrogen-bond donors (Lipinski definition) is 1. The predicted molar refractivity (Wildman–Crippen MR) is 68.7 cm³/mol. The molecule has 0 spiro atoms. The van der Waals surface area contributed by atoms with Crippen LogP contribution in [0, 0.1) is 5.92 Å². The van der Waals surface area contributed by atoms with Gasteiger partial charge in [-0.05, 0) is 45.7 Å². The van der Waals surface area contributed by atoms with E-state index >= 15 is 0 Å². The maximum Gasteiger partial charge on any atom is 0.0113 e. The van der Waals surface area contributed by atoms with Crippen LogP contribution in [0.1, 0.15) is 26.7 Å². The third-order valence-corrected chi connectivity index (χ3v) is 4.05. The van der Waals surface area contributed by atoms with Crippen molar-refractivity contribution in [2.24, 2.45) is 5.92 Å². The molecule has 1 atom stereocenters. The van der Waals surface area contributed by atoms with E-state index in [1.54, 1.807) is 0 Å². The van der Waals surface area contributed by atoms with E-state index in [9.17, 15) is 0 Å². The van der Waals surface area contributed by atoms with Crippen LogP contribution in [0.25, 0.3) is 0 Å². The minimum absolute atomic E-state index is 0.721. The average Bonchev–Trinajstić information content (AvgIpc) is 2.31. The molecule has 2 rings (SSSR count). The molecule has 1 N–H and O–H groups in total. The second-order valence-electron chi connectivity index (χ2n) is 5.64. The fraction of sp³-hybridized carbons (Fsp3) is 1.00. The van der Waals surface area contributed by atoms with Crippen molar-refractivity contribution in [3.63, 3.8) is 0 Å². The van der Waals surface area contributed by atoms with Crippen LogP contribution in [-0.2, 0) is 0 Å². The Balaban J connectivity index is 1.68. The van der Waals surface area contributed by atoms with Crippen LogP contribution in [0.3, 0.4) is 0 Å². The van der Waals surface area contributed by atoms with Crippen LogP contribution >= 0.6 is 0 Å². The summed E-state index contributed by atoms with van der Waals surface area (Å²) >= 11 is 0. The summed E-state index contributed by atoms with van der Waals surface area (Å²) in [4.78, 5) is 5.26. The molecule has 0 radical (unpaired) electrons. The number of nitrogens with one attached hydrogen (secondary N) is 1. The highest BCUT2D eigenvalue weighted by atomic mass is 15.3. The molecule has 2 saturated heterocycles. The number of hydrogen-bond acceptors (Lipinski definition) is 3. The normalized spacial score (nSPS) is 29.8. The summed E-state index contributed by atoms with van der Waals surface area (Å²) in [5, 5.41) is 3.51. The standard InChI is InChI=1S/C13H27N3/c1-12(2)16-8-6-15(7-9-16)11-13-4-3-5-14-10-13/h12-14H,3-11H2,1-2H3. The van der Waals surface area contributed by atoms with Gasteiger partial charge in [-0.25, -0.2) is 0 Å². The van der Waals surface area contributed by atoms with Gasteiger partial charge in [0.05, 0.1) is 0 Å². The Morgan fingerprint density at radius 2 is 1.94 bits per heavy atom.